The molecule has 0 amide bonds. The minimum absolute atomic E-state index is 0.00157. The highest BCUT2D eigenvalue weighted by atomic mass is 35.5. The van der Waals surface area contributed by atoms with Gasteiger partial charge in [-0.2, -0.15) is 0 Å². The first kappa shape index (κ1) is 14.3. The summed E-state index contributed by atoms with van der Waals surface area (Å²) >= 11 is 6.35. The number of hydrogen-bond acceptors (Lipinski definition) is 2. The Morgan fingerprint density at radius 3 is 2.68 bits per heavy atom. The second-order valence-corrected chi connectivity index (χ2v) is 6.03. The van der Waals surface area contributed by atoms with Crippen molar-refractivity contribution in [1.82, 2.24) is 0 Å². The molecule has 0 saturated heterocycles. The van der Waals surface area contributed by atoms with E-state index in [1.807, 2.05) is 12.1 Å². The molecular formula is C15H20ClNO2. The van der Waals surface area contributed by atoms with Crippen LogP contribution in [0.1, 0.15) is 44.1 Å². The molecule has 4 heteroatoms. The van der Waals surface area contributed by atoms with Gasteiger partial charge in [-0.3, -0.25) is 10.1 Å². The van der Waals surface area contributed by atoms with Crippen LogP contribution in [0.2, 0.25) is 0 Å². The maximum Gasteiger partial charge on any atom is 0.272 e. The van der Waals surface area contributed by atoms with Gasteiger partial charge in [0, 0.05) is 17.0 Å². The number of hydrogen-bond donors (Lipinski definition) is 0. The topological polar surface area (TPSA) is 43.1 Å². The average molecular weight is 282 g/mol. The number of rotatable bonds is 6. The molecule has 1 atom stereocenters. The molecule has 3 nitrogen and oxygen atoms in total. The minimum Gasteiger partial charge on any atom is -0.258 e. The molecule has 1 aliphatic carbocycles. The first-order chi connectivity index (χ1) is 9.16. The Morgan fingerprint density at radius 1 is 1.32 bits per heavy atom. The molecule has 1 aromatic rings. The summed E-state index contributed by atoms with van der Waals surface area (Å²) in [6.45, 7) is 0. The van der Waals surface area contributed by atoms with E-state index in [1.165, 1.54) is 25.7 Å². The molecular weight excluding hydrogens is 262 g/mol. The lowest BCUT2D eigenvalue weighted by molar-refractivity contribution is -0.385. The van der Waals surface area contributed by atoms with Crippen molar-refractivity contribution in [3.05, 3.63) is 39.9 Å². The van der Waals surface area contributed by atoms with Crippen LogP contribution in [-0.2, 0) is 6.42 Å². The number of alkyl halides is 1. The lowest BCUT2D eigenvalue weighted by Gasteiger charge is -2.13. The summed E-state index contributed by atoms with van der Waals surface area (Å²) < 4.78 is 0. The third-order valence-corrected chi connectivity index (χ3v) is 4.37. The predicted octanol–water partition coefficient (Wildman–Crippen LogP) is 4.72. The van der Waals surface area contributed by atoms with Gasteiger partial charge in [-0.1, -0.05) is 43.9 Å². The van der Waals surface area contributed by atoms with Crippen molar-refractivity contribution in [1.29, 1.82) is 0 Å². The van der Waals surface area contributed by atoms with Gasteiger partial charge in [0.05, 0.1) is 4.92 Å². The van der Waals surface area contributed by atoms with Gasteiger partial charge in [0.1, 0.15) is 0 Å². The van der Waals surface area contributed by atoms with Crippen molar-refractivity contribution < 1.29 is 4.92 Å². The number of nitro groups is 1. The summed E-state index contributed by atoms with van der Waals surface area (Å²) in [6.07, 6.45) is 8.06. The number of halogens is 1. The van der Waals surface area contributed by atoms with Crippen molar-refractivity contribution in [3.63, 3.8) is 0 Å². The molecule has 0 radical (unpaired) electrons. The molecule has 0 N–H and O–H groups in total. The van der Waals surface area contributed by atoms with Crippen LogP contribution in [-0.4, -0.2) is 10.3 Å². The molecule has 1 unspecified atom stereocenters. The Morgan fingerprint density at radius 2 is 2.00 bits per heavy atom. The minimum atomic E-state index is -0.323. The predicted molar refractivity (Wildman–Crippen MR) is 77.6 cm³/mol. The van der Waals surface area contributed by atoms with Crippen LogP contribution in [0.3, 0.4) is 0 Å². The Bertz CT molecular complexity index is 430. The van der Waals surface area contributed by atoms with Crippen LogP contribution in [0.5, 0.6) is 0 Å². The molecule has 1 aromatic carbocycles. The Hall–Kier alpha value is -1.09. The van der Waals surface area contributed by atoms with E-state index in [0.29, 0.717) is 6.42 Å². The van der Waals surface area contributed by atoms with Gasteiger partial charge < -0.3 is 0 Å². The fourth-order valence-corrected chi connectivity index (χ4v) is 3.21. The van der Waals surface area contributed by atoms with Gasteiger partial charge in [0.15, 0.2) is 0 Å². The standard InChI is InChI=1S/C15H20ClNO2/c16-14(10-9-12-5-1-2-6-12)11-13-7-3-4-8-15(13)17(18)19/h3-4,7-8,12,14H,1-2,5-6,9-11H2. The van der Waals surface area contributed by atoms with Crippen LogP contribution < -0.4 is 0 Å². The van der Waals surface area contributed by atoms with E-state index >= 15 is 0 Å². The van der Waals surface area contributed by atoms with Gasteiger partial charge in [0.2, 0.25) is 0 Å². The number of nitrogens with zero attached hydrogens (tertiary/aromatic N) is 1. The van der Waals surface area contributed by atoms with Crippen molar-refractivity contribution in [2.75, 3.05) is 0 Å². The van der Waals surface area contributed by atoms with E-state index < -0.39 is 0 Å². The highest BCUT2D eigenvalue weighted by Crippen LogP contribution is 2.30. The van der Waals surface area contributed by atoms with E-state index in [9.17, 15) is 10.1 Å². The summed E-state index contributed by atoms with van der Waals surface area (Å²) in [7, 11) is 0. The van der Waals surface area contributed by atoms with E-state index in [0.717, 1.165) is 24.3 Å². The lowest BCUT2D eigenvalue weighted by atomic mass is 9.98. The molecule has 1 saturated carbocycles. The Balaban J connectivity index is 1.87. The molecule has 1 aliphatic rings. The number of para-hydroxylation sites is 1. The van der Waals surface area contributed by atoms with E-state index in [-0.39, 0.29) is 16.0 Å². The fourth-order valence-electron chi connectivity index (χ4n) is 2.92. The average Bonchev–Trinajstić information content (AvgIpc) is 2.90. The van der Waals surface area contributed by atoms with Gasteiger partial charge >= 0.3 is 0 Å². The molecule has 0 heterocycles. The van der Waals surface area contributed by atoms with E-state index in [2.05, 4.69) is 0 Å². The molecule has 0 spiro atoms. The van der Waals surface area contributed by atoms with E-state index in [4.69, 9.17) is 11.6 Å². The first-order valence-electron chi connectivity index (χ1n) is 7.03. The lowest BCUT2D eigenvalue weighted by Crippen LogP contribution is -2.08. The zero-order valence-electron chi connectivity index (χ0n) is 11.1. The summed E-state index contributed by atoms with van der Waals surface area (Å²) in [5, 5.41) is 10.9. The van der Waals surface area contributed by atoms with Crippen molar-refractivity contribution >= 4 is 17.3 Å². The summed E-state index contributed by atoms with van der Waals surface area (Å²) in [5.41, 5.74) is 0.938. The molecule has 0 aromatic heterocycles. The Kier molecular flexibility index (Phi) is 5.20. The maximum absolute atomic E-state index is 10.9. The maximum atomic E-state index is 10.9. The van der Waals surface area contributed by atoms with Gasteiger partial charge in [-0.15, -0.1) is 11.6 Å². The third-order valence-electron chi connectivity index (χ3n) is 3.99. The molecule has 1 fully saturated rings. The second-order valence-electron chi connectivity index (χ2n) is 5.42. The Labute approximate surface area is 119 Å². The van der Waals surface area contributed by atoms with Crippen LogP contribution in [0.25, 0.3) is 0 Å². The van der Waals surface area contributed by atoms with Gasteiger partial charge in [0.25, 0.3) is 5.69 Å². The normalized spacial score (nSPS) is 17.5. The highest BCUT2D eigenvalue weighted by molar-refractivity contribution is 6.20. The number of nitro benzene ring substituents is 1. The van der Waals surface area contributed by atoms with Crippen molar-refractivity contribution in [3.8, 4) is 0 Å². The third kappa shape index (κ3) is 4.20. The highest BCUT2D eigenvalue weighted by Gasteiger charge is 2.19. The molecule has 104 valence electrons. The fraction of sp³-hybridized carbons (Fsp3) is 0.600. The van der Waals surface area contributed by atoms with Crippen LogP contribution in [0, 0.1) is 16.0 Å². The van der Waals surface area contributed by atoms with Crippen molar-refractivity contribution in [2.45, 2.75) is 50.3 Å². The zero-order valence-corrected chi connectivity index (χ0v) is 11.8. The zero-order chi connectivity index (χ0) is 13.7. The second kappa shape index (κ2) is 6.90. The monoisotopic (exact) mass is 281 g/mol. The van der Waals surface area contributed by atoms with Crippen molar-refractivity contribution in [2.24, 2.45) is 5.92 Å². The summed E-state index contributed by atoms with van der Waals surface area (Å²) in [6, 6.07) is 6.89. The quantitative estimate of drug-likeness (QED) is 0.430. The van der Waals surface area contributed by atoms with Gasteiger partial charge in [-0.05, 0) is 25.2 Å². The summed E-state index contributed by atoms with van der Waals surface area (Å²) in [4.78, 5) is 10.6. The molecule has 2 rings (SSSR count). The molecule has 0 aliphatic heterocycles. The number of benzene rings is 1. The van der Waals surface area contributed by atoms with Gasteiger partial charge in [-0.25, -0.2) is 0 Å². The molecule has 19 heavy (non-hydrogen) atoms. The SMILES string of the molecule is O=[N+]([O-])c1ccccc1CC(Cl)CCC1CCCC1. The summed E-state index contributed by atoms with van der Waals surface area (Å²) in [5.74, 6) is 0.826. The molecule has 0 bridgehead atoms. The van der Waals surface area contributed by atoms with Crippen LogP contribution in [0.4, 0.5) is 5.69 Å². The van der Waals surface area contributed by atoms with Crippen LogP contribution >= 0.6 is 11.6 Å². The van der Waals surface area contributed by atoms with E-state index in [1.54, 1.807) is 12.1 Å². The van der Waals surface area contributed by atoms with Crippen LogP contribution in [0.15, 0.2) is 24.3 Å². The smallest absolute Gasteiger partial charge is 0.258 e. The largest absolute Gasteiger partial charge is 0.272 e. The first-order valence-corrected chi connectivity index (χ1v) is 7.47.